The van der Waals surface area contributed by atoms with Gasteiger partial charge in [0, 0.05) is 25.7 Å². The van der Waals surface area contributed by atoms with Crippen LogP contribution in [0.2, 0.25) is 0 Å². The van der Waals surface area contributed by atoms with Gasteiger partial charge in [-0.2, -0.15) is 0 Å². The summed E-state index contributed by atoms with van der Waals surface area (Å²) in [5.74, 6) is 0.550. The maximum atomic E-state index is 13.5. The van der Waals surface area contributed by atoms with Gasteiger partial charge in [-0.25, -0.2) is 15.2 Å². The van der Waals surface area contributed by atoms with Gasteiger partial charge in [0.05, 0.1) is 25.5 Å². The molecular weight excluding hydrogens is 375 g/mol. The Balaban J connectivity index is 1.35. The van der Waals surface area contributed by atoms with E-state index in [4.69, 9.17) is 9.15 Å². The third-order valence-electron chi connectivity index (χ3n) is 5.63. The van der Waals surface area contributed by atoms with Crippen molar-refractivity contribution in [1.29, 1.82) is 0 Å². The van der Waals surface area contributed by atoms with Crippen molar-refractivity contribution in [3.05, 3.63) is 59.3 Å². The summed E-state index contributed by atoms with van der Waals surface area (Å²) in [4.78, 5) is 15.0. The minimum absolute atomic E-state index is 0.0252. The summed E-state index contributed by atoms with van der Waals surface area (Å²) in [5, 5.41) is 3.06. The highest BCUT2D eigenvalue weighted by Crippen LogP contribution is 2.25. The summed E-state index contributed by atoms with van der Waals surface area (Å²) in [7, 11) is 0. The standard InChI is InChI=1S/C21H27FN4O3/c1-14-11-15(4-5-16(14)22)17-12-18(25-24-17)21(27)23-13-19(20-3-2-8-29-20)26-6-9-28-10-7-26/h2-5,8,11,17-19,24-25H,6-7,9-10,12-13H2,1H3,(H,23,27). The second-order valence-electron chi connectivity index (χ2n) is 7.56. The number of carbonyl (C=O) groups is 1. The minimum Gasteiger partial charge on any atom is -0.468 e. The predicted molar refractivity (Wildman–Crippen MR) is 105 cm³/mol. The monoisotopic (exact) mass is 402 g/mol. The van der Waals surface area contributed by atoms with Crippen molar-refractivity contribution in [2.45, 2.75) is 31.5 Å². The molecule has 3 unspecified atom stereocenters. The molecule has 0 aliphatic carbocycles. The van der Waals surface area contributed by atoms with E-state index in [0.717, 1.165) is 24.4 Å². The summed E-state index contributed by atoms with van der Waals surface area (Å²) < 4.78 is 24.6. The molecule has 1 aromatic heterocycles. The zero-order valence-electron chi connectivity index (χ0n) is 16.5. The van der Waals surface area contributed by atoms with Gasteiger partial charge in [-0.1, -0.05) is 12.1 Å². The number of aryl methyl sites for hydroxylation is 1. The summed E-state index contributed by atoms with van der Waals surface area (Å²) in [6.45, 7) is 5.17. The first kappa shape index (κ1) is 20.0. The number of morpholine rings is 1. The normalized spacial score (nSPS) is 23.8. The molecule has 29 heavy (non-hydrogen) atoms. The Morgan fingerprint density at radius 1 is 1.31 bits per heavy atom. The molecule has 156 valence electrons. The quantitative estimate of drug-likeness (QED) is 0.684. The molecule has 0 radical (unpaired) electrons. The number of hydrogen-bond acceptors (Lipinski definition) is 6. The van der Waals surface area contributed by atoms with Crippen molar-refractivity contribution in [3.8, 4) is 0 Å². The lowest BCUT2D eigenvalue weighted by Crippen LogP contribution is -2.47. The molecular formula is C21H27FN4O3. The number of nitrogens with one attached hydrogen (secondary N) is 3. The number of hydrazine groups is 1. The van der Waals surface area contributed by atoms with Crippen LogP contribution in [0.1, 0.15) is 35.4 Å². The van der Waals surface area contributed by atoms with Gasteiger partial charge in [-0.3, -0.25) is 9.69 Å². The molecule has 2 saturated heterocycles. The molecule has 7 nitrogen and oxygen atoms in total. The van der Waals surface area contributed by atoms with Crippen LogP contribution < -0.4 is 16.2 Å². The topological polar surface area (TPSA) is 78.8 Å². The maximum Gasteiger partial charge on any atom is 0.238 e. The van der Waals surface area contributed by atoms with Crippen molar-refractivity contribution < 1.29 is 18.3 Å². The van der Waals surface area contributed by atoms with Crippen molar-refractivity contribution in [1.82, 2.24) is 21.1 Å². The van der Waals surface area contributed by atoms with Crippen LogP contribution in [-0.4, -0.2) is 49.7 Å². The number of hydrogen-bond donors (Lipinski definition) is 3. The highest BCUT2D eigenvalue weighted by atomic mass is 19.1. The Labute approximate surface area is 169 Å². The van der Waals surface area contributed by atoms with Crippen LogP contribution in [0.3, 0.4) is 0 Å². The van der Waals surface area contributed by atoms with Gasteiger partial charge in [-0.15, -0.1) is 0 Å². The van der Waals surface area contributed by atoms with Crippen LogP contribution in [0, 0.1) is 12.7 Å². The molecule has 4 rings (SSSR count). The lowest BCUT2D eigenvalue weighted by Gasteiger charge is -2.33. The summed E-state index contributed by atoms with van der Waals surface area (Å²) >= 11 is 0. The van der Waals surface area contributed by atoms with Gasteiger partial charge in [0.25, 0.3) is 0 Å². The molecule has 0 bridgehead atoms. The van der Waals surface area contributed by atoms with Gasteiger partial charge >= 0.3 is 0 Å². The molecule has 1 aromatic carbocycles. The molecule has 2 fully saturated rings. The van der Waals surface area contributed by atoms with E-state index in [9.17, 15) is 9.18 Å². The van der Waals surface area contributed by atoms with E-state index < -0.39 is 0 Å². The molecule has 3 N–H and O–H groups in total. The van der Waals surface area contributed by atoms with E-state index in [1.54, 1.807) is 19.3 Å². The summed E-state index contributed by atoms with van der Waals surface area (Å²) in [6.07, 6.45) is 2.25. The Bertz CT molecular complexity index is 823. The fraction of sp³-hybridized carbons (Fsp3) is 0.476. The average Bonchev–Trinajstić information content (AvgIpc) is 3.43. The molecule has 1 amide bonds. The Kier molecular flexibility index (Phi) is 6.25. The van der Waals surface area contributed by atoms with E-state index in [1.165, 1.54) is 6.07 Å². The Morgan fingerprint density at radius 2 is 2.14 bits per heavy atom. The Hall–Kier alpha value is -2.26. The number of furan rings is 1. The van der Waals surface area contributed by atoms with Crippen LogP contribution in [0.25, 0.3) is 0 Å². The number of ether oxygens (including phenoxy) is 1. The second-order valence-corrected chi connectivity index (χ2v) is 7.56. The van der Waals surface area contributed by atoms with Gasteiger partial charge in [0.1, 0.15) is 17.6 Å². The van der Waals surface area contributed by atoms with Gasteiger partial charge in [0.15, 0.2) is 0 Å². The summed E-state index contributed by atoms with van der Waals surface area (Å²) in [5.41, 5.74) is 7.78. The molecule has 2 aliphatic heterocycles. The number of nitrogens with zero attached hydrogens (tertiary/aromatic N) is 1. The van der Waals surface area contributed by atoms with E-state index in [1.807, 2.05) is 18.2 Å². The third-order valence-corrected chi connectivity index (χ3v) is 5.63. The second kappa shape index (κ2) is 9.04. The first-order chi connectivity index (χ1) is 14.1. The summed E-state index contributed by atoms with van der Waals surface area (Å²) in [6, 6.07) is 8.43. The number of halogens is 1. The zero-order chi connectivity index (χ0) is 20.2. The lowest BCUT2D eigenvalue weighted by molar-refractivity contribution is -0.123. The van der Waals surface area contributed by atoms with Gasteiger partial charge in [-0.05, 0) is 42.7 Å². The zero-order valence-corrected chi connectivity index (χ0v) is 16.5. The van der Waals surface area contributed by atoms with Crippen molar-refractivity contribution >= 4 is 5.91 Å². The van der Waals surface area contributed by atoms with Crippen LogP contribution in [0.4, 0.5) is 4.39 Å². The van der Waals surface area contributed by atoms with Crippen molar-refractivity contribution in [2.75, 3.05) is 32.8 Å². The number of carbonyl (C=O) groups excluding carboxylic acids is 1. The van der Waals surface area contributed by atoms with E-state index in [-0.39, 0.29) is 29.8 Å². The molecule has 3 atom stereocenters. The van der Waals surface area contributed by atoms with Crippen LogP contribution in [0.5, 0.6) is 0 Å². The number of benzene rings is 1. The number of amides is 1. The highest BCUT2D eigenvalue weighted by molar-refractivity contribution is 5.82. The molecule has 0 saturated carbocycles. The minimum atomic E-state index is -0.354. The largest absolute Gasteiger partial charge is 0.468 e. The van der Waals surface area contributed by atoms with Gasteiger partial charge < -0.3 is 14.5 Å². The predicted octanol–water partition coefficient (Wildman–Crippen LogP) is 1.82. The van der Waals surface area contributed by atoms with Crippen LogP contribution in [0.15, 0.2) is 41.0 Å². The van der Waals surface area contributed by atoms with Crippen LogP contribution >= 0.6 is 0 Å². The highest BCUT2D eigenvalue weighted by Gasteiger charge is 2.32. The SMILES string of the molecule is Cc1cc(C2CC(C(=O)NCC(c3ccco3)N3CCOCC3)NN2)ccc1F. The van der Waals surface area contributed by atoms with E-state index >= 15 is 0 Å². The average molecular weight is 402 g/mol. The molecule has 3 heterocycles. The molecule has 0 spiro atoms. The van der Waals surface area contributed by atoms with Gasteiger partial charge in [0.2, 0.25) is 5.91 Å². The first-order valence-electron chi connectivity index (χ1n) is 10.0. The molecule has 2 aliphatic rings. The fourth-order valence-corrected chi connectivity index (χ4v) is 3.93. The number of rotatable bonds is 6. The first-order valence-corrected chi connectivity index (χ1v) is 10.0. The van der Waals surface area contributed by atoms with Crippen molar-refractivity contribution in [2.24, 2.45) is 0 Å². The van der Waals surface area contributed by atoms with Crippen molar-refractivity contribution in [3.63, 3.8) is 0 Å². The lowest BCUT2D eigenvalue weighted by atomic mass is 10.00. The van der Waals surface area contributed by atoms with E-state index in [2.05, 4.69) is 21.1 Å². The van der Waals surface area contributed by atoms with Crippen LogP contribution in [-0.2, 0) is 9.53 Å². The fourth-order valence-electron chi connectivity index (χ4n) is 3.93. The smallest absolute Gasteiger partial charge is 0.238 e. The maximum absolute atomic E-state index is 13.5. The van der Waals surface area contributed by atoms with E-state index in [0.29, 0.717) is 31.7 Å². The third kappa shape index (κ3) is 4.67. The molecule has 2 aromatic rings. The molecule has 8 heteroatoms. The Morgan fingerprint density at radius 3 is 2.86 bits per heavy atom.